The topological polar surface area (TPSA) is 90.6 Å². The van der Waals surface area contributed by atoms with Crippen molar-refractivity contribution in [3.8, 4) is 0 Å². The van der Waals surface area contributed by atoms with Crippen molar-refractivity contribution < 1.29 is 19.5 Å². The van der Waals surface area contributed by atoms with E-state index < -0.39 is 18.3 Å². The van der Waals surface area contributed by atoms with Gasteiger partial charge in [0.15, 0.2) is 5.82 Å². The van der Waals surface area contributed by atoms with Gasteiger partial charge in [-0.05, 0) is 24.3 Å². The highest BCUT2D eigenvalue weighted by Gasteiger charge is 2.24. The Labute approximate surface area is 167 Å². The van der Waals surface area contributed by atoms with Crippen molar-refractivity contribution >= 4 is 55.8 Å². The zero-order valence-corrected chi connectivity index (χ0v) is 16.4. The number of carbonyl (C=O) groups excluding carboxylic acids is 1. The number of aliphatic hydroxyl groups is 1. The number of aliphatic hydroxyl groups excluding tert-OH is 1. The maximum atomic E-state index is 15.2. The lowest BCUT2D eigenvalue weighted by atomic mass is 10.1. The molecule has 0 saturated heterocycles. The maximum absolute atomic E-state index is 15.2. The number of halogens is 3. The minimum atomic E-state index is -0.873. The van der Waals surface area contributed by atoms with Crippen molar-refractivity contribution in [2.45, 2.75) is 0 Å². The van der Waals surface area contributed by atoms with Gasteiger partial charge >= 0.3 is 0 Å². The molecule has 0 atom stereocenters. The van der Waals surface area contributed by atoms with Gasteiger partial charge in [-0.25, -0.2) is 14.4 Å². The van der Waals surface area contributed by atoms with E-state index >= 15 is 4.39 Å². The Hall–Kier alpha value is -2.20. The van der Waals surface area contributed by atoms with Gasteiger partial charge < -0.3 is 15.0 Å². The molecule has 27 heavy (non-hydrogen) atoms. The van der Waals surface area contributed by atoms with Crippen LogP contribution >= 0.6 is 27.5 Å². The van der Waals surface area contributed by atoms with Crippen LogP contribution in [0, 0.1) is 5.82 Å². The number of imidazole rings is 1. The van der Waals surface area contributed by atoms with Gasteiger partial charge in [0.05, 0.1) is 47.0 Å². The van der Waals surface area contributed by atoms with Crippen molar-refractivity contribution in [2.24, 2.45) is 7.05 Å². The Morgan fingerprint density at radius 2 is 2.19 bits per heavy atom. The van der Waals surface area contributed by atoms with E-state index in [1.165, 1.54) is 12.4 Å². The highest BCUT2D eigenvalue weighted by atomic mass is 79.9. The zero-order valence-electron chi connectivity index (χ0n) is 14.1. The van der Waals surface area contributed by atoms with E-state index in [-0.39, 0.29) is 23.3 Å². The smallest absolute Gasteiger partial charge is 0.279 e. The average Bonchev–Trinajstić information content (AvgIpc) is 3.00. The molecule has 7 nitrogen and oxygen atoms in total. The van der Waals surface area contributed by atoms with Crippen molar-refractivity contribution in [3.63, 3.8) is 0 Å². The Balaban J connectivity index is 2.17. The van der Waals surface area contributed by atoms with Crippen molar-refractivity contribution in [1.29, 1.82) is 0 Å². The van der Waals surface area contributed by atoms with E-state index in [2.05, 4.69) is 26.2 Å². The predicted molar refractivity (Wildman–Crippen MR) is 103 cm³/mol. The summed E-state index contributed by atoms with van der Waals surface area (Å²) in [7, 11) is 1.66. The first-order valence-electron chi connectivity index (χ1n) is 7.80. The van der Waals surface area contributed by atoms with Gasteiger partial charge in [0, 0.05) is 11.5 Å². The van der Waals surface area contributed by atoms with Crippen LogP contribution < -0.4 is 5.32 Å². The molecule has 0 aliphatic carbocycles. The lowest BCUT2D eigenvalue weighted by molar-refractivity contribution is -0.0652. The fourth-order valence-electron chi connectivity index (χ4n) is 2.58. The van der Waals surface area contributed by atoms with E-state index in [0.29, 0.717) is 21.3 Å². The summed E-state index contributed by atoms with van der Waals surface area (Å²) >= 11 is 9.47. The summed E-state index contributed by atoms with van der Waals surface area (Å²) in [4.78, 5) is 16.6. The first-order chi connectivity index (χ1) is 12.8. The van der Waals surface area contributed by atoms with Gasteiger partial charge in [0.25, 0.3) is 5.91 Å². The van der Waals surface area contributed by atoms with Crippen LogP contribution in [-0.2, 0) is 7.05 Å². The Bertz CT molecular complexity index is 1030. The molecular weight excluding hydrogens is 443 g/mol. The molecule has 1 aromatic heterocycles. The molecule has 0 spiro atoms. The number of nitrogens with zero attached hydrogens (tertiary/aromatic N) is 3. The quantitative estimate of drug-likeness (QED) is 0.401. The second kappa shape index (κ2) is 7.81. The first kappa shape index (κ1) is 19.6. The number of aryl methyl sites for hydroxylation is 1. The minimum absolute atomic E-state index is 0.0661. The molecule has 0 fully saturated rings. The standard InChI is InChI=1S/C17H15BrClFN4O3/c1-23-8-21-16-13(23)7-10(17(26)24(27)4-5-25)15(14(16)20)22-12-3-2-9(18)6-11(12)19/h2-3,6-8,22,25,27H,4-5H2,1H3. The van der Waals surface area contributed by atoms with Crippen LogP contribution in [0.2, 0.25) is 5.02 Å². The van der Waals surface area contributed by atoms with Gasteiger partial charge in [0.2, 0.25) is 0 Å². The summed E-state index contributed by atoms with van der Waals surface area (Å²) in [5.41, 5.74) is 0.512. The van der Waals surface area contributed by atoms with Gasteiger partial charge in [0.1, 0.15) is 5.52 Å². The summed E-state index contributed by atoms with van der Waals surface area (Å²) in [6.07, 6.45) is 1.42. The molecule has 10 heteroatoms. The number of benzene rings is 2. The number of carbonyl (C=O) groups is 1. The lowest BCUT2D eigenvalue weighted by Gasteiger charge is -2.18. The molecule has 3 N–H and O–H groups in total. The SMILES string of the molecule is Cn1cnc2c(F)c(Nc3ccc(Br)cc3Cl)c(C(=O)N(O)CCO)cc21. The largest absolute Gasteiger partial charge is 0.394 e. The third-order valence-electron chi connectivity index (χ3n) is 3.93. The third kappa shape index (κ3) is 3.77. The highest BCUT2D eigenvalue weighted by molar-refractivity contribution is 9.10. The molecule has 0 bridgehead atoms. The number of fused-ring (bicyclic) bond motifs is 1. The molecule has 0 radical (unpaired) electrons. The summed E-state index contributed by atoms with van der Waals surface area (Å²) in [6.45, 7) is -0.762. The molecule has 2 aromatic carbocycles. The molecule has 0 unspecified atom stereocenters. The lowest BCUT2D eigenvalue weighted by Crippen LogP contribution is -2.31. The predicted octanol–water partition coefficient (Wildman–Crippen LogP) is 3.70. The van der Waals surface area contributed by atoms with Crippen molar-refractivity contribution in [3.05, 3.63) is 51.5 Å². The van der Waals surface area contributed by atoms with Gasteiger partial charge in [-0.3, -0.25) is 10.0 Å². The summed E-state index contributed by atoms with van der Waals surface area (Å²) in [5.74, 6) is -1.63. The number of aromatic nitrogens is 2. The minimum Gasteiger partial charge on any atom is -0.394 e. The molecule has 1 amide bonds. The summed E-state index contributed by atoms with van der Waals surface area (Å²) < 4.78 is 17.4. The zero-order chi connectivity index (χ0) is 19.7. The molecule has 0 aliphatic heterocycles. The summed E-state index contributed by atoms with van der Waals surface area (Å²) in [6, 6.07) is 6.36. The van der Waals surface area contributed by atoms with Crippen molar-refractivity contribution in [1.82, 2.24) is 14.6 Å². The van der Waals surface area contributed by atoms with Crippen LogP contribution in [-0.4, -0.2) is 44.0 Å². The van der Waals surface area contributed by atoms with Gasteiger partial charge in [-0.2, -0.15) is 0 Å². The second-order valence-corrected chi connectivity index (χ2v) is 7.06. The first-order valence-corrected chi connectivity index (χ1v) is 8.97. The van der Waals surface area contributed by atoms with Crippen LogP contribution in [0.15, 0.2) is 35.1 Å². The number of anilines is 2. The van der Waals surface area contributed by atoms with Crippen LogP contribution in [0.1, 0.15) is 10.4 Å². The molecule has 3 rings (SSSR count). The highest BCUT2D eigenvalue weighted by Crippen LogP contribution is 2.34. The summed E-state index contributed by atoms with van der Waals surface area (Å²) in [5, 5.41) is 22.3. The number of hydrogen-bond acceptors (Lipinski definition) is 5. The van der Waals surface area contributed by atoms with Crippen LogP contribution in [0.3, 0.4) is 0 Å². The molecular formula is C17H15BrClFN4O3. The number of rotatable bonds is 5. The number of hydroxylamine groups is 2. The van der Waals surface area contributed by atoms with E-state index in [9.17, 15) is 10.0 Å². The van der Waals surface area contributed by atoms with E-state index in [0.717, 1.165) is 4.47 Å². The molecule has 142 valence electrons. The fraction of sp³-hybridized carbons (Fsp3) is 0.176. The Morgan fingerprint density at radius 3 is 2.85 bits per heavy atom. The Kier molecular flexibility index (Phi) is 5.66. The monoisotopic (exact) mass is 456 g/mol. The molecule has 1 heterocycles. The normalized spacial score (nSPS) is 11.0. The average molecular weight is 458 g/mol. The second-order valence-electron chi connectivity index (χ2n) is 5.74. The number of amides is 1. The third-order valence-corrected chi connectivity index (χ3v) is 4.73. The molecule has 3 aromatic rings. The Morgan fingerprint density at radius 1 is 1.44 bits per heavy atom. The van der Waals surface area contributed by atoms with Crippen LogP contribution in [0.25, 0.3) is 11.0 Å². The van der Waals surface area contributed by atoms with Crippen molar-refractivity contribution in [2.75, 3.05) is 18.5 Å². The maximum Gasteiger partial charge on any atom is 0.279 e. The van der Waals surface area contributed by atoms with E-state index in [1.807, 2.05) is 0 Å². The fourth-order valence-corrected chi connectivity index (χ4v) is 3.30. The number of nitrogens with one attached hydrogen (secondary N) is 1. The van der Waals surface area contributed by atoms with Gasteiger partial charge in [-0.15, -0.1) is 0 Å². The van der Waals surface area contributed by atoms with E-state index in [1.54, 1.807) is 29.8 Å². The molecule has 0 aliphatic rings. The number of hydrogen-bond donors (Lipinski definition) is 3. The van der Waals surface area contributed by atoms with E-state index in [4.69, 9.17) is 16.7 Å². The molecule has 0 saturated carbocycles. The van der Waals surface area contributed by atoms with Crippen LogP contribution in [0.4, 0.5) is 15.8 Å². The van der Waals surface area contributed by atoms with Gasteiger partial charge in [-0.1, -0.05) is 27.5 Å². The van der Waals surface area contributed by atoms with Crippen LogP contribution in [0.5, 0.6) is 0 Å².